The van der Waals surface area contributed by atoms with Crippen LogP contribution in [0.2, 0.25) is 0 Å². The Bertz CT molecular complexity index is 589. The lowest BCUT2D eigenvalue weighted by atomic mass is 10.2. The van der Waals surface area contributed by atoms with Crippen molar-refractivity contribution < 1.29 is 0 Å². The van der Waals surface area contributed by atoms with Gasteiger partial charge in [-0.3, -0.25) is 4.90 Å². The van der Waals surface area contributed by atoms with Crippen LogP contribution in [0.5, 0.6) is 0 Å². The fraction of sp³-hybridized carbons (Fsp3) is 0.600. The number of fused-ring (bicyclic) bond motifs is 1. The SMILES string of the molecule is CN(C)CCn1c(C2CCCN2C)nc2cccnc21. The number of hydrogen-bond donors (Lipinski definition) is 0. The van der Waals surface area contributed by atoms with Gasteiger partial charge in [-0.2, -0.15) is 0 Å². The molecule has 1 atom stereocenters. The van der Waals surface area contributed by atoms with Gasteiger partial charge >= 0.3 is 0 Å². The Hall–Kier alpha value is -1.46. The van der Waals surface area contributed by atoms with Gasteiger partial charge in [0, 0.05) is 19.3 Å². The summed E-state index contributed by atoms with van der Waals surface area (Å²) in [4.78, 5) is 14.0. The highest BCUT2D eigenvalue weighted by atomic mass is 15.2. The fourth-order valence-electron chi connectivity index (χ4n) is 2.99. The third-order valence-corrected chi connectivity index (χ3v) is 4.12. The van der Waals surface area contributed by atoms with Crippen molar-refractivity contribution in [2.45, 2.75) is 25.4 Å². The van der Waals surface area contributed by atoms with E-state index in [9.17, 15) is 0 Å². The molecule has 5 heteroatoms. The molecule has 0 amide bonds. The standard InChI is InChI=1S/C15H23N5/c1-18(2)10-11-20-14-12(6-4-8-16-14)17-15(20)13-7-5-9-19(13)3/h4,6,8,13H,5,7,9-11H2,1-3H3. The van der Waals surface area contributed by atoms with Crippen LogP contribution in [-0.4, -0.2) is 58.6 Å². The first kappa shape index (κ1) is 13.5. The predicted octanol–water partition coefficient (Wildman–Crippen LogP) is 1.76. The number of likely N-dealkylation sites (N-methyl/N-ethyl adjacent to an activating group) is 1. The van der Waals surface area contributed by atoms with Crippen molar-refractivity contribution in [3.05, 3.63) is 24.2 Å². The number of hydrogen-bond acceptors (Lipinski definition) is 4. The highest BCUT2D eigenvalue weighted by molar-refractivity contribution is 5.71. The summed E-state index contributed by atoms with van der Waals surface area (Å²) in [5, 5.41) is 0. The first-order chi connectivity index (χ1) is 9.66. The van der Waals surface area contributed by atoms with E-state index in [1.165, 1.54) is 18.7 Å². The van der Waals surface area contributed by atoms with Gasteiger partial charge in [0.05, 0.1) is 6.04 Å². The van der Waals surface area contributed by atoms with Gasteiger partial charge in [-0.25, -0.2) is 9.97 Å². The van der Waals surface area contributed by atoms with E-state index in [4.69, 9.17) is 4.98 Å². The highest BCUT2D eigenvalue weighted by Gasteiger charge is 2.28. The molecule has 5 nitrogen and oxygen atoms in total. The second-order valence-corrected chi connectivity index (χ2v) is 5.91. The van der Waals surface area contributed by atoms with E-state index in [0.29, 0.717) is 6.04 Å². The number of likely N-dealkylation sites (tertiary alicyclic amines) is 1. The zero-order valence-electron chi connectivity index (χ0n) is 12.6. The summed E-state index contributed by atoms with van der Waals surface area (Å²) in [6.45, 7) is 3.11. The van der Waals surface area contributed by atoms with Crippen molar-refractivity contribution >= 4 is 11.2 Å². The monoisotopic (exact) mass is 273 g/mol. The fourth-order valence-corrected chi connectivity index (χ4v) is 2.99. The number of imidazole rings is 1. The number of rotatable bonds is 4. The van der Waals surface area contributed by atoms with Crippen LogP contribution in [0.4, 0.5) is 0 Å². The minimum absolute atomic E-state index is 0.436. The summed E-state index contributed by atoms with van der Waals surface area (Å²) >= 11 is 0. The van der Waals surface area contributed by atoms with Gasteiger partial charge in [-0.15, -0.1) is 0 Å². The molecule has 3 heterocycles. The van der Waals surface area contributed by atoms with E-state index in [1.807, 2.05) is 12.3 Å². The third kappa shape index (κ3) is 2.43. The molecule has 3 rings (SSSR count). The van der Waals surface area contributed by atoms with Gasteiger partial charge in [0.15, 0.2) is 5.65 Å². The molecule has 0 radical (unpaired) electrons. The molecule has 0 spiro atoms. The molecule has 0 aliphatic carbocycles. The van der Waals surface area contributed by atoms with E-state index in [-0.39, 0.29) is 0 Å². The van der Waals surface area contributed by atoms with E-state index in [1.54, 1.807) is 0 Å². The van der Waals surface area contributed by atoms with E-state index in [2.05, 4.69) is 46.6 Å². The van der Waals surface area contributed by atoms with Crippen LogP contribution >= 0.6 is 0 Å². The van der Waals surface area contributed by atoms with Gasteiger partial charge < -0.3 is 9.47 Å². The Balaban J connectivity index is 2.02. The van der Waals surface area contributed by atoms with Crippen molar-refractivity contribution in [1.29, 1.82) is 0 Å². The number of nitrogens with zero attached hydrogens (tertiary/aromatic N) is 5. The molecule has 1 unspecified atom stereocenters. The second kappa shape index (κ2) is 5.50. The first-order valence-corrected chi connectivity index (χ1v) is 7.33. The molecule has 0 N–H and O–H groups in total. The number of pyridine rings is 1. The Morgan fingerprint density at radius 3 is 2.95 bits per heavy atom. The van der Waals surface area contributed by atoms with Crippen LogP contribution in [-0.2, 0) is 6.54 Å². The van der Waals surface area contributed by atoms with Gasteiger partial charge in [-0.1, -0.05) is 0 Å². The lowest BCUT2D eigenvalue weighted by Gasteiger charge is -2.21. The summed E-state index contributed by atoms with van der Waals surface area (Å²) in [5.74, 6) is 1.18. The van der Waals surface area contributed by atoms with Crippen LogP contribution in [0.1, 0.15) is 24.7 Å². The minimum Gasteiger partial charge on any atom is -0.310 e. The van der Waals surface area contributed by atoms with Crippen molar-refractivity contribution in [2.75, 3.05) is 34.2 Å². The van der Waals surface area contributed by atoms with Crippen LogP contribution in [0.15, 0.2) is 18.3 Å². The molecule has 0 saturated carbocycles. The molecule has 0 bridgehead atoms. The van der Waals surface area contributed by atoms with Gasteiger partial charge in [0.2, 0.25) is 0 Å². The predicted molar refractivity (Wildman–Crippen MR) is 80.7 cm³/mol. The van der Waals surface area contributed by atoms with E-state index < -0.39 is 0 Å². The zero-order valence-corrected chi connectivity index (χ0v) is 12.6. The molecular formula is C15H23N5. The lowest BCUT2D eigenvalue weighted by molar-refractivity contribution is 0.294. The van der Waals surface area contributed by atoms with Crippen LogP contribution < -0.4 is 0 Å². The summed E-state index contributed by atoms with van der Waals surface area (Å²) < 4.78 is 2.31. The topological polar surface area (TPSA) is 37.2 Å². The Morgan fingerprint density at radius 2 is 2.25 bits per heavy atom. The molecular weight excluding hydrogens is 250 g/mol. The molecule has 20 heavy (non-hydrogen) atoms. The van der Waals surface area contributed by atoms with Gasteiger partial charge in [0.1, 0.15) is 11.3 Å². The van der Waals surface area contributed by atoms with Crippen LogP contribution in [0.25, 0.3) is 11.2 Å². The molecule has 1 saturated heterocycles. The van der Waals surface area contributed by atoms with Gasteiger partial charge in [0.25, 0.3) is 0 Å². The molecule has 1 aliphatic heterocycles. The molecule has 108 valence electrons. The minimum atomic E-state index is 0.436. The molecule has 1 fully saturated rings. The average molecular weight is 273 g/mol. The van der Waals surface area contributed by atoms with E-state index in [0.717, 1.165) is 30.8 Å². The summed E-state index contributed by atoms with van der Waals surface area (Å²) in [5.41, 5.74) is 2.03. The third-order valence-electron chi connectivity index (χ3n) is 4.12. The van der Waals surface area contributed by atoms with Crippen LogP contribution in [0.3, 0.4) is 0 Å². The second-order valence-electron chi connectivity index (χ2n) is 5.91. The summed E-state index contributed by atoms with van der Waals surface area (Å²) in [7, 11) is 6.41. The van der Waals surface area contributed by atoms with Gasteiger partial charge in [-0.05, 0) is 52.7 Å². The maximum Gasteiger partial charge on any atom is 0.160 e. The Morgan fingerprint density at radius 1 is 1.40 bits per heavy atom. The molecule has 1 aliphatic rings. The molecule has 0 aromatic carbocycles. The van der Waals surface area contributed by atoms with Crippen LogP contribution in [0, 0.1) is 0 Å². The average Bonchev–Trinajstić information content (AvgIpc) is 2.99. The zero-order chi connectivity index (χ0) is 14.1. The highest BCUT2D eigenvalue weighted by Crippen LogP contribution is 2.31. The first-order valence-electron chi connectivity index (χ1n) is 7.33. The lowest BCUT2D eigenvalue weighted by Crippen LogP contribution is -2.24. The largest absolute Gasteiger partial charge is 0.310 e. The van der Waals surface area contributed by atoms with Crippen molar-refractivity contribution in [3.63, 3.8) is 0 Å². The molecule has 2 aromatic heterocycles. The number of aromatic nitrogens is 3. The molecule has 2 aromatic rings. The maximum absolute atomic E-state index is 4.86. The smallest absolute Gasteiger partial charge is 0.160 e. The summed E-state index contributed by atoms with van der Waals surface area (Å²) in [6, 6.07) is 4.46. The maximum atomic E-state index is 4.86. The van der Waals surface area contributed by atoms with E-state index >= 15 is 0 Å². The van der Waals surface area contributed by atoms with Crippen molar-refractivity contribution in [2.24, 2.45) is 0 Å². The quantitative estimate of drug-likeness (QED) is 0.850. The summed E-state index contributed by atoms with van der Waals surface area (Å²) in [6.07, 6.45) is 4.31. The van der Waals surface area contributed by atoms with Crippen molar-refractivity contribution in [3.8, 4) is 0 Å². The Labute approximate surface area is 120 Å². The van der Waals surface area contributed by atoms with Crippen molar-refractivity contribution in [1.82, 2.24) is 24.3 Å². The Kier molecular flexibility index (Phi) is 3.72. The normalized spacial score (nSPS) is 20.3.